The maximum atomic E-state index is 12.8. The van der Waals surface area contributed by atoms with Crippen molar-refractivity contribution in [3.8, 4) is 0 Å². The Morgan fingerprint density at radius 3 is 2.91 bits per heavy atom. The summed E-state index contributed by atoms with van der Waals surface area (Å²) in [6, 6.07) is 6.81. The number of primary amides is 1. The number of benzene rings is 1. The molecule has 1 aliphatic heterocycles. The fourth-order valence-corrected chi connectivity index (χ4v) is 3.70. The highest BCUT2D eigenvalue weighted by molar-refractivity contribution is 5.98. The minimum Gasteiger partial charge on any atom is -0.366 e. The maximum Gasteiger partial charge on any atom is 0.248 e. The lowest BCUT2D eigenvalue weighted by molar-refractivity contribution is -0.128. The lowest BCUT2D eigenvalue weighted by atomic mass is 9.67. The third kappa shape index (κ3) is 2.96. The molecular weight excluding hydrogens is 302 g/mol. The third-order valence-electron chi connectivity index (χ3n) is 4.90. The molecule has 2 fully saturated rings. The molecule has 1 saturated carbocycles. The monoisotopic (exact) mass is 323 g/mol. The van der Waals surface area contributed by atoms with E-state index in [4.69, 9.17) is 5.73 Å². The Balaban J connectivity index is 0.00000176. The molecule has 0 spiro atoms. The number of anilines is 1. The van der Waals surface area contributed by atoms with Gasteiger partial charge in [-0.05, 0) is 43.5 Å². The van der Waals surface area contributed by atoms with E-state index in [0.29, 0.717) is 17.2 Å². The molecule has 3 rings (SSSR count). The van der Waals surface area contributed by atoms with E-state index in [1.54, 1.807) is 24.3 Å². The van der Waals surface area contributed by atoms with Crippen molar-refractivity contribution in [1.29, 1.82) is 0 Å². The van der Waals surface area contributed by atoms with Gasteiger partial charge in [0.25, 0.3) is 0 Å². The molecule has 2 aliphatic rings. The van der Waals surface area contributed by atoms with Crippen molar-refractivity contribution in [2.24, 2.45) is 17.1 Å². The molecule has 1 aliphatic carbocycles. The molecule has 6 heteroatoms. The quantitative estimate of drug-likeness (QED) is 0.794. The summed E-state index contributed by atoms with van der Waals surface area (Å²) in [6.07, 6.45) is 4.36. The summed E-state index contributed by atoms with van der Waals surface area (Å²) < 4.78 is 0. The third-order valence-corrected chi connectivity index (χ3v) is 4.90. The molecule has 0 unspecified atom stereocenters. The van der Waals surface area contributed by atoms with Gasteiger partial charge in [-0.1, -0.05) is 18.9 Å². The largest absolute Gasteiger partial charge is 0.366 e. The first kappa shape index (κ1) is 16.8. The number of hydrogen-bond donors (Lipinski definition) is 3. The van der Waals surface area contributed by atoms with Gasteiger partial charge < -0.3 is 16.4 Å². The minimum atomic E-state index is -0.484. The first-order valence-electron chi connectivity index (χ1n) is 7.54. The van der Waals surface area contributed by atoms with Gasteiger partial charge in [0.2, 0.25) is 11.8 Å². The van der Waals surface area contributed by atoms with Gasteiger partial charge in [-0.25, -0.2) is 0 Å². The Morgan fingerprint density at radius 2 is 2.14 bits per heavy atom. The Morgan fingerprint density at radius 1 is 1.32 bits per heavy atom. The standard InChI is InChI=1S/C16H21N3O2.ClH/c17-14(20)11-4-3-6-13(8-11)19-15(21)16-7-2-1-5-12(16)9-18-10-16;/h3-4,6,8,12,18H,1-2,5,7,9-10H2,(H2,17,20)(H,19,21);1H/t12-,16+;/m0./s1. The van der Waals surface area contributed by atoms with Crippen LogP contribution in [0.2, 0.25) is 0 Å². The van der Waals surface area contributed by atoms with E-state index in [1.807, 2.05) is 0 Å². The number of fused-ring (bicyclic) bond motifs is 1. The topological polar surface area (TPSA) is 84.2 Å². The average molecular weight is 324 g/mol. The Kier molecular flexibility index (Phi) is 5.08. The number of hydrogen-bond acceptors (Lipinski definition) is 3. The van der Waals surface area contributed by atoms with Crippen LogP contribution in [0.3, 0.4) is 0 Å². The number of nitrogens with one attached hydrogen (secondary N) is 2. The van der Waals surface area contributed by atoms with Gasteiger partial charge in [-0.15, -0.1) is 12.4 Å². The fourth-order valence-electron chi connectivity index (χ4n) is 3.70. The van der Waals surface area contributed by atoms with E-state index in [2.05, 4.69) is 10.6 Å². The number of carbonyl (C=O) groups excluding carboxylic acids is 2. The second-order valence-corrected chi connectivity index (χ2v) is 6.13. The van der Waals surface area contributed by atoms with Crippen molar-refractivity contribution in [1.82, 2.24) is 5.32 Å². The molecule has 2 atom stereocenters. The fraction of sp³-hybridized carbons (Fsp3) is 0.500. The zero-order valence-corrected chi connectivity index (χ0v) is 13.2. The van der Waals surface area contributed by atoms with Crippen molar-refractivity contribution in [2.45, 2.75) is 25.7 Å². The van der Waals surface area contributed by atoms with Gasteiger partial charge in [-0.2, -0.15) is 0 Å². The van der Waals surface area contributed by atoms with Crippen LogP contribution in [0.5, 0.6) is 0 Å². The van der Waals surface area contributed by atoms with Crippen molar-refractivity contribution >= 4 is 29.9 Å². The van der Waals surface area contributed by atoms with Crippen LogP contribution in [0, 0.1) is 11.3 Å². The lowest BCUT2D eigenvalue weighted by Gasteiger charge is -2.37. The first-order chi connectivity index (χ1) is 10.1. The highest BCUT2D eigenvalue weighted by Crippen LogP contribution is 2.44. The highest BCUT2D eigenvalue weighted by atomic mass is 35.5. The van der Waals surface area contributed by atoms with Gasteiger partial charge in [0.1, 0.15) is 0 Å². The summed E-state index contributed by atoms with van der Waals surface area (Å²) in [4.78, 5) is 24.0. The minimum absolute atomic E-state index is 0. The van der Waals surface area contributed by atoms with E-state index in [-0.39, 0.29) is 23.7 Å². The number of halogens is 1. The van der Waals surface area contributed by atoms with Crippen LogP contribution >= 0.6 is 12.4 Å². The Labute approximate surface area is 136 Å². The molecule has 1 saturated heterocycles. The second kappa shape index (κ2) is 6.67. The second-order valence-electron chi connectivity index (χ2n) is 6.13. The van der Waals surface area contributed by atoms with Crippen LogP contribution in [0.1, 0.15) is 36.0 Å². The van der Waals surface area contributed by atoms with Crippen LogP contribution in [0.15, 0.2) is 24.3 Å². The van der Waals surface area contributed by atoms with E-state index in [0.717, 1.165) is 32.4 Å². The van der Waals surface area contributed by atoms with Crippen molar-refractivity contribution in [3.63, 3.8) is 0 Å². The zero-order valence-electron chi connectivity index (χ0n) is 12.4. The SMILES string of the molecule is Cl.NC(=O)c1cccc(NC(=O)[C@@]23CCCC[C@H]2CNC3)c1. The van der Waals surface area contributed by atoms with E-state index in [1.165, 1.54) is 6.42 Å². The van der Waals surface area contributed by atoms with Gasteiger partial charge in [0.15, 0.2) is 0 Å². The molecule has 0 bridgehead atoms. The normalized spacial score (nSPS) is 26.6. The predicted octanol–water partition coefficient (Wildman–Crippen LogP) is 1.93. The number of nitrogens with two attached hydrogens (primary N) is 1. The first-order valence-corrected chi connectivity index (χ1v) is 7.54. The molecule has 22 heavy (non-hydrogen) atoms. The van der Waals surface area contributed by atoms with Crippen molar-refractivity contribution in [3.05, 3.63) is 29.8 Å². The van der Waals surface area contributed by atoms with Gasteiger partial charge in [-0.3, -0.25) is 9.59 Å². The Hall–Kier alpha value is -1.59. The average Bonchev–Trinajstić information content (AvgIpc) is 2.92. The molecule has 0 aromatic heterocycles. The van der Waals surface area contributed by atoms with E-state index in [9.17, 15) is 9.59 Å². The van der Waals surface area contributed by atoms with Crippen LogP contribution in [0.25, 0.3) is 0 Å². The molecule has 4 N–H and O–H groups in total. The highest BCUT2D eigenvalue weighted by Gasteiger charge is 2.49. The van der Waals surface area contributed by atoms with Gasteiger partial charge in [0, 0.05) is 17.8 Å². The molecule has 2 amide bonds. The summed E-state index contributed by atoms with van der Waals surface area (Å²) in [6.45, 7) is 1.67. The van der Waals surface area contributed by atoms with Gasteiger partial charge in [0.05, 0.1) is 5.41 Å². The number of carbonyl (C=O) groups is 2. The smallest absolute Gasteiger partial charge is 0.248 e. The molecule has 1 aromatic rings. The number of rotatable bonds is 3. The van der Waals surface area contributed by atoms with E-state index >= 15 is 0 Å². The van der Waals surface area contributed by atoms with Crippen LogP contribution in [-0.2, 0) is 4.79 Å². The lowest BCUT2D eigenvalue weighted by Crippen LogP contribution is -2.44. The van der Waals surface area contributed by atoms with Crippen molar-refractivity contribution in [2.75, 3.05) is 18.4 Å². The number of amides is 2. The summed E-state index contributed by atoms with van der Waals surface area (Å²) >= 11 is 0. The van der Waals surface area contributed by atoms with Crippen LogP contribution < -0.4 is 16.4 Å². The molecule has 1 aromatic carbocycles. The summed E-state index contributed by atoms with van der Waals surface area (Å²) in [5.74, 6) is 0.00623. The molecule has 120 valence electrons. The Bertz CT molecular complexity index is 578. The molecular formula is C16H22ClN3O2. The summed E-state index contributed by atoms with van der Waals surface area (Å²) in [5, 5.41) is 6.35. The molecule has 0 radical (unpaired) electrons. The van der Waals surface area contributed by atoms with Gasteiger partial charge >= 0.3 is 0 Å². The summed E-state index contributed by atoms with van der Waals surface area (Å²) in [5.41, 5.74) is 6.04. The van der Waals surface area contributed by atoms with E-state index < -0.39 is 5.91 Å². The predicted molar refractivity (Wildman–Crippen MR) is 88.1 cm³/mol. The summed E-state index contributed by atoms with van der Waals surface area (Å²) in [7, 11) is 0. The zero-order chi connectivity index (χ0) is 14.9. The van der Waals surface area contributed by atoms with Crippen LogP contribution in [-0.4, -0.2) is 24.9 Å². The molecule has 5 nitrogen and oxygen atoms in total. The maximum absolute atomic E-state index is 12.8. The van der Waals surface area contributed by atoms with Crippen molar-refractivity contribution < 1.29 is 9.59 Å². The molecule has 1 heterocycles. The van der Waals surface area contributed by atoms with Crippen LogP contribution in [0.4, 0.5) is 5.69 Å².